The molecule has 1 heterocycles. The van der Waals surface area contributed by atoms with Crippen LogP contribution < -0.4 is 10.4 Å². The maximum Gasteiger partial charge on any atom is 0.433 e. The third-order valence-electron chi connectivity index (χ3n) is 1.88. The molecule has 1 saturated heterocycles. The van der Waals surface area contributed by atoms with Gasteiger partial charge in [-0.15, -0.1) is 0 Å². The standard InChI is InChI=1S/C8H10BNOP/c9-12(10-6-7-11-12)8-4-2-1-3-5-8/h1-5,10H,6-7H2/q+1. The minimum absolute atomic E-state index is 0.721. The molecule has 1 aromatic rings. The van der Waals surface area contributed by atoms with Crippen LogP contribution in [0.4, 0.5) is 0 Å². The van der Waals surface area contributed by atoms with Gasteiger partial charge in [-0.2, -0.15) is 5.09 Å². The van der Waals surface area contributed by atoms with Gasteiger partial charge in [0.15, 0.2) is 7.52 Å². The third kappa shape index (κ3) is 1.40. The Morgan fingerprint density at radius 1 is 1.33 bits per heavy atom. The number of hydrogen-bond donors (Lipinski definition) is 1. The van der Waals surface area contributed by atoms with Gasteiger partial charge in [-0.25, -0.2) is 4.52 Å². The van der Waals surface area contributed by atoms with Crippen molar-refractivity contribution in [2.24, 2.45) is 0 Å². The zero-order valence-electron chi connectivity index (χ0n) is 6.73. The monoisotopic (exact) mass is 178 g/mol. The lowest BCUT2D eigenvalue weighted by molar-refractivity contribution is 0.399. The maximum atomic E-state index is 6.06. The summed E-state index contributed by atoms with van der Waals surface area (Å²) in [5.74, 6) is 0. The van der Waals surface area contributed by atoms with Gasteiger partial charge in [0.05, 0.1) is 6.54 Å². The van der Waals surface area contributed by atoms with Crippen LogP contribution in [-0.4, -0.2) is 20.7 Å². The molecule has 1 atom stereocenters. The predicted molar refractivity (Wildman–Crippen MR) is 52.7 cm³/mol. The molecule has 1 unspecified atom stereocenters. The van der Waals surface area contributed by atoms with Crippen molar-refractivity contribution in [2.75, 3.05) is 13.2 Å². The topological polar surface area (TPSA) is 21.3 Å². The summed E-state index contributed by atoms with van der Waals surface area (Å²) in [6.07, 6.45) is 0. The van der Waals surface area contributed by atoms with Crippen molar-refractivity contribution in [1.82, 2.24) is 5.09 Å². The second-order valence-corrected chi connectivity index (χ2v) is 5.14. The van der Waals surface area contributed by atoms with Gasteiger partial charge in [0, 0.05) is 0 Å². The fourth-order valence-corrected chi connectivity index (χ4v) is 3.10. The van der Waals surface area contributed by atoms with E-state index in [-0.39, 0.29) is 0 Å². The summed E-state index contributed by atoms with van der Waals surface area (Å²) < 4.78 is 5.50. The van der Waals surface area contributed by atoms with Gasteiger partial charge in [0.1, 0.15) is 11.9 Å². The Morgan fingerprint density at radius 3 is 2.67 bits per heavy atom. The summed E-state index contributed by atoms with van der Waals surface area (Å²) in [6.45, 7) is 1.58. The first-order valence-corrected chi connectivity index (χ1v) is 5.72. The molecule has 0 bridgehead atoms. The molecule has 1 aliphatic rings. The largest absolute Gasteiger partial charge is 0.433 e. The summed E-state index contributed by atoms with van der Waals surface area (Å²) in [6, 6.07) is 9.95. The summed E-state index contributed by atoms with van der Waals surface area (Å²) in [5, 5.41) is 4.30. The Kier molecular flexibility index (Phi) is 2.18. The molecule has 2 rings (SSSR count). The SMILES string of the molecule is [B][P+]1(c2ccccc2)NCCO1. The van der Waals surface area contributed by atoms with E-state index in [4.69, 9.17) is 12.1 Å². The average molecular weight is 178 g/mol. The van der Waals surface area contributed by atoms with Crippen molar-refractivity contribution < 1.29 is 4.52 Å². The first-order valence-electron chi connectivity index (χ1n) is 3.94. The van der Waals surface area contributed by atoms with Gasteiger partial charge in [-0.1, -0.05) is 18.2 Å². The first-order chi connectivity index (χ1) is 5.81. The summed E-state index contributed by atoms with van der Waals surface area (Å²) in [7, 11) is 4.14. The zero-order valence-corrected chi connectivity index (χ0v) is 7.63. The minimum atomic E-state index is -1.92. The minimum Gasteiger partial charge on any atom is -0.232 e. The van der Waals surface area contributed by atoms with Crippen molar-refractivity contribution in [3.8, 4) is 0 Å². The van der Waals surface area contributed by atoms with Gasteiger partial charge in [-0.05, 0) is 12.1 Å². The molecule has 0 saturated carbocycles. The van der Waals surface area contributed by atoms with Gasteiger partial charge in [0.2, 0.25) is 0 Å². The summed E-state index contributed by atoms with van der Waals surface area (Å²) in [4.78, 5) is 0. The van der Waals surface area contributed by atoms with E-state index < -0.39 is 7.52 Å². The highest BCUT2D eigenvalue weighted by atomic mass is 31.2. The van der Waals surface area contributed by atoms with Crippen LogP contribution in [0.25, 0.3) is 0 Å². The predicted octanol–water partition coefficient (Wildman–Crippen LogP) is 0.863. The van der Waals surface area contributed by atoms with Crippen LogP contribution in [0.2, 0.25) is 0 Å². The Labute approximate surface area is 74.2 Å². The molecule has 2 radical (unpaired) electrons. The number of nitrogens with one attached hydrogen (secondary N) is 1. The lowest BCUT2D eigenvalue weighted by Crippen LogP contribution is -2.20. The van der Waals surface area contributed by atoms with E-state index in [0.29, 0.717) is 0 Å². The molecule has 12 heavy (non-hydrogen) atoms. The molecule has 4 heteroatoms. The molecule has 2 nitrogen and oxygen atoms in total. The van der Waals surface area contributed by atoms with E-state index >= 15 is 0 Å². The molecule has 1 aromatic carbocycles. The van der Waals surface area contributed by atoms with Crippen LogP contribution in [0.5, 0.6) is 0 Å². The Morgan fingerprint density at radius 2 is 2.08 bits per heavy atom. The molecular weight excluding hydrogens is 168 g/mol. The van der Waals surface area contributed by atoms with Crippen LogP contribution in [0.3, 0.4) is 0 Å². The molecule has 0 amide bonds. The molecule has 0 aromatic heterocycles. The number of benzene rings is 1. The van der Waals surface area contributed by atoms with E-state index in [0.717, 1.165) is 18.5 Å². The summed E-state index contributed by atoms with van der Waals surface area (Å²) in [5.41, 5.74) is 0. The first kappa shape index (κ1) is 8.24. The van der Waals surface area contributed by atoms with E-state index in [1.807, 2.05) is 30.3 Å². The normalized spacial score (nSPS) is 29.0. The van der Waals surface area contributed by atoms with E-state index in [1.54, 1.807) is 0 Å². The van der Waals surface area contributed by atoms with Crippen molar-refractivity contribution in [1.29, 1.82) is 0 Å². The Hall–Kier alpha value is -0.365. The van der Waals surface area contributed by atoms with Crippen molar-refractivity contribution in [3.63, 3.8) is 0 Å². The number of rotatable bonds is 1. The van der Waals surface area contributed by atoms with Crippen LogP contribution >= 0.6 is 7.52 Å². The second-order valence-electron chi connectivity index (χ2n) is 2.73. The van der Waals surface area contributed by atoms with Crippen LogP contribution in [0.15, 0.2) is 30.3 Å². The Bertz CT molecular complexity index is 261. The molecule has 1 fully saturated rings. The lowest BCUT2D eigenvalue weighted by atomic mass is 10.4. The van der Waals surface area contributed by atoms with Crippen molar-refractivity contribution in [2.45, 2.75) is 0 Å². The van der Waals surface area contributed by atoms with Crippen molar-refractivity contribution in [3.05, 3.63) is 30.3 Å². The zero-order chi connectivity index (χ0) is 8.44. The fourth-order valence-electron chi connectivity index (χ4n) is 1.26. The molecular formula is C8H10BNOP+. The third-order valence-corrected chi connectivity index (χ3v) is 4.23. The van der Waals surface area contributed by atoms with E-state index in [9.17, 15) is 0 Å². The highest BCUT2D eigenvalue weighted by Gasteiger charge is 2.40. The number of hydrogen-bond acceptors (Lipinski definition) is 2. The Balaban J connectivity index is 2.29. The lowest BCUT2D eigenvalue weighted by Gasteiger charge is -2.13. The van der Waals surface area contributed by atoms with E-state index in [1.165, 1.54) is 0 Å². The highest BCUT2D eigenvalue weighted by molar-refractivity contribution is 7.98. The van der Waals surface area contributed by atoms with Gasteiger partial charge >= 0.3 is 7.57 Å². The maximum absolute atomic E-state index is 6.06. The summed E-state index contributed by atoms with van der Waals surface area (Å²) >= 11 is 0. The average Bonchev–Trinajstić information content (AvgIpc) is 2.55. The fraction of sp³-hybridized carbons (Fsp3) is 0.250. The molecule has 0 spiro atoms. The molecule has 60 valence electrons. The van der Waals surface area contributed by atoms with Crippen molar-refractivity contribution >= 4 is 20.4 Å². The molecule has 1 aliphatic heterocycles. The van der Waals surface area contributed by atoms with Gasteiger partial charge < -0.3 is 0 Å². The smallest absolute Gasteiger partial charge is 0.232 e. The molecule has 0 aliphatic carbocycles. The van der Waals surface area contributed by atoms with Crippen LogP contribution in [-0.2, 0) is 4.52 Å². The van der Waals surface area contributed by atoms with Crippen LogP contribution in [0.1, 0.15) is 0 Å². The van der Waals surface area contributed by atoms with Gasteiger partial charge in [0.25, 0.3) is 0 Å². The quantitative estimate of drug-likeness (QED) is 0.508. The van der Waals surface area contributed by atoms with Crippen LogP contribution in [0, 0.1) is 0 Å². The van der Waals surface area contributed by atoms with Gasteiger partial charge in [-0.3, -0.25) is 0 Å². The second kappa shape index (κ2) is 3.17. The molecule has 1 N–H and O–H groups in total. The van der Waals surface area contributed by atoms with E-state index in [2.05, 4.69) is 5.09 Å². The highest BCUT2D eigenvalue weighted by Crippen LogP contribution is 2.51.